The van der Waals surface area contributed by atoms with Crippen molar-refractivity contribution in [2.75, 3.05) is 55.9 Å². The van der Waals surface area contributed by atoms with E-state index in [1.54, 1.807) is 12.1 Å². The van der Waals surface area contributed by atoms with Crippen LogP contribution in [0.5, 0.6) is 34.5 Å². The lowest BCUT2D eigenvalue weighted by molar-refractivity contribution is 0.0492. The van der Waals surface area contributed by atoms with Crippen LogP contribution in [-0.2, 0) is 22.3 Å². The second kappa shape index (κ2) is 14.8. The zero-order chi connectivity index (χ0) is 28.2. The number of ether oxygens (including phenoxy) is 8. The second-order valence-electron chi connectivity index (χ2n) is 8.11. The number of methoxy groups -OCH3 is 6. The third kappa shape index (κ3) is 6.54. The SMILES string of the molecule is CCCOC(=O)c1cc(OC)c(OC)c(OC)c1CCc1c(C(=O)OCCC)cc(OC)c(OC)c1OC. The highest BCUT2D eigenvalue weighted by Gasteiger charge is 2.28. The van der Waals surface area contributed by atoms with Crippen molar-refractivity contribution in [3.63, 3.8) is 0 Å². The molecule has 0 aliphatic heterocycles. The van der Waals surface area contributed by atoms with Gasteiger partial charge in [0.2, 0.25) is 11.5 Å². The molecule has 0 aromatic heterocycles. The summed E-state index contributed by atoms with van der Waals surface area (Å²) in [6, 6.07) is 3.13. The Morgan fingerprint density at radius 2 is 0.895 bits per heavy atom. The fourth-order valence-electron chi connectivity index (χ4n) is 4.09. The van der Waals surface area contributed by atoms with E-state index in [2.05, 4.69) is 0 Å². The minimum Gasteiger partial charge on any atom is -0.493 e. The molecule has 0 unspecified atom stereocenters. The van der Waals surface area contributed by atoms with Crippen molar-refractivity contribution in [2.24, 2.45) is 0 Å². The number of carbonyl (C=O) groups excluding carboxylic acids is 2. The number of benzene rings is 2. The first-order chi connectivity index (χ1) is 18.4. The molecule has 210 valence electrons. The number of rotatable bonds is 15. The average Bonchev–Trinajstić information content (AvgIpc) is 2.95. The Labute approximate surface area is 224 Å². The summed E-state index contributed by atoms with van der Waals surface area (Å²) in [5.74, 6) is 0.909. The molecule has 0 aliphatic rings. The van der Waals surface area contributed by atoms with Gasteiger partial charge in [-0.2, -0.15) is 0 Å². The molecule has 0 atom stereocenters. The van der Waals surface area contributed by atoms with Crippen molar-refractivity contribution in [2.45, 2.75) is 39.5 Å². The molecular formula is C28H38O10. The highest BCUT2D eigenvalue weighted by Crippen LogP contribution is 2.45. The number of carbonyl (C=O) groups is 2. The van der Waals surface area contributed by atoms with Crippen LogP contribution >= 0.6 is 0 Å². The molecule has 0 amide bonds. The monoisotopic (exact) mass is 534 g/mol. The molecule has 38 heavy (non-hydrogen) atoms. The molecule has 2 aromatic carbocycles. The minimum atomic E-state index is -0.525. The van der Waals surface area contributed by atoms with E-state index < -0.39 is 11.9 Å². The van der Waals surface area contributed by atoms with E-state index in [9.17, 15) is 9.59 Å². The highest BCUT2D eigenvalue weighted by molar-refractivity contribution is 5.94. The average molecular weight is 535 g/mol. The van der Waals surface area contributed by atoms with Crippen LogP contribution < -0.4 is 28.4 Å². The summed E-state index contributed by atoms with van der Waals surface area (Å²) in [4.78, 5) is 26.1. The Hall–Kier alpha value is -3.82. The minimum absolute atomic E-state index is 0.250. The van der Waals surface area contributed by atoms with Gasteiger partial charge < -0.3 is 37.9 Å². The maximum atomic E-state index is 13.1. The summed E-state index contributed by atoms with van der Waals surface area (Å²) in [7, 11) is 8.87. The van der Waals surface area contributed by atoms with Crippen LogP contribution in [0.3, 0.4) is 0 Å². The lowest BCUT2D eigenvalue weighted by atomic mass is 9.94. The molecule has 2 aromatic rings. The standard InChI is InChI=1S/C28H38O10/c1-9-13-37-27(29)19-15-21(31-3)25(35-7)23(33-5)17(19)11-12-18-20(28(30)38-14-10-2)16-22(32-4)26(36-8)24(18)34-6/h15-16H,9-14H2,1-8H3. The molecule has 0 heterocycles. The van der Waals surface area contributed by atoms with Gasteiger partial charge in [-0.05, 0) is 37.8 Å². The Kier molecular flexibility index (Phi) is 11.8. The van der Waals surface area contributed by atoms with Crippen molar-refractivity contribution in [3.8, 4) is 34.5 Å². The van der Waals surface area contributed by atoms with Gasteiger partial charge in [0.1, 0.15) is 0 Å². The molecule has 0 saturated heterocycles. The lowest BCUT2D eigenvalue weighted by Crippen LogP contribution is -2.15. The van der Waals surface area contributed by atoms with Gasteiger partial charge in [0.05, 0.1) is 67.0 Å². The smallest absolute Gasteiger partial charge is 0.338 e. The zero-order valence-electron chi connectivity index (χ0n) is 23.5. The van der Waals surface area contributed by atoms with Crippen LogP contribution in [0.1, 0.15) is 58.5 Å². The van der Waals surface area contributed by atoms with E-state index in [-0.39, 0.29) is 37.2 Å². The molecule has 10 heteroatoms. The molecule has 0 saturated carbocycles. The molecule has 0 fully saturated rings. The summed E-state index contributed by atoms with van der Waals surface area (Å²) in [5, 5.41) is 0. The molecule has 0 radical (unpaired) electrons. The van der Waals surface area contributed by atoms with E-state index in [1.165, 1.54) is 42.7 Å². The van der Waals surface area contributed by atoms with Crippen molar-refractivity contribution in [1.29, 1.82) is 0 Å². The molecule has 0 spiro atoms. The molecule has 2 rings (SSSR count). The van der Waals surface area contributed by atoms with Gasteiger partial charge in [-0.1, -0.05) is 13.8 Å². The van der Waals surface area contributed by atoms with Gasteiger partial charge in [0, 0.05) is 11.1 Å². The van der Waals surface area contributed by atoms with Crippen LogP contribution in [0, 0.1) is 0 Å². The Balaban J connectivity index is 2.73. The summed E-state index contributed by atoms with van der Waals surface area (Å²) in [6.07, 6.45) is 1.83. The normalized spacial score (nSPS) is 10.4. The summed E-state index contributed by atoms with van der Waals surface area (Å²) < 4.78 is 44.2. The Morgan fingerprint density at radius 3 is 1.16 bits per heavy atom. The van der Waals surface area contributed by atoms with Gasteiger partial charge >= 0.3 is 11.9 Å². The quantitative estimate of drug-likeness (QED) is 0.299. The van der Waals surface area contributed by atoms with Crippen molar-refractivity contribution >= 4 is 11.9 Å². The van der Waals surface area contributed by atoms with E-state index in [4.69, 9.17) is 37.9 Å². The van der Waals surface area contributed by atoms with Gasteiger partial charge in [-0.3, -0.25) is 0 Å². The third-order valence-corrected chi connectivity index (χ3v) is 5.81. The van der Waals surface area contributed by atoms with Crippen LogP contribution in [0.15, 0.2) is 12.1 Å². The zero-order valence-corrected chi connectivity index (χ0v) is 23.5. The van der Waals surface area contributed by atoms with Crippen LogP contribution in [-0.4, -0.2) is 67.8 Å². The topological polar surface area (TPSA) is 108 Å². The predicted molar refractivity (Wildman–Crippen MR) is 141 cm³/mol. The largest absolute Gasteiger partial charge is 0.493 e. The maximum absolute atomic E-state index is 13.1. The number of hydrogen-bond donors (Lipinski definition) is 0. The molecule has 10 nitrogen and oxygen atoms in total. The van der Waals surface area contributed by atoms with Crippen LogP contribution in [0.4, 0.5) is 0 Å². The van der Waals surface area contributed by atoms with Crippen molar-refractivity contribution < 1.29 is 47.5 Å². The first-order valence-electron chi connectivity index (χ1n) is 12.3. The summed E-state index contributed by atoms with van der Waals surface area (Å²) in [6.45, 7) is 4.33. The van der Waals surface area contributed by atoms with Crippen LogP contribution in [0.2, 0.25) is 0 Å². The lowest BCUT2D eigenvalue weighted by Gasteiger charge is -2.21. The fraction of sp³-hybridized carbons (Fsp3) is 0.500. The molecular weight excluding hydrogens is 496 g/mol. The van der Waals surface area contributed by atoms with E-state index in [1.807, 2.05) is 13.8 Å². The van der Waals surface area contributed by atoms with Crippen LogP contribution in [0.25, 0.3) is 0 Å². The summed E-state index contributed by atoms with van der Waals surface area (Å²) >= 11 is 0. The molecule has 0 aliphatic carbocycles. The molecule has 0 N–H and O–H groups in total. The highest BCUT2D eigenvalue weighted by atomic mass is 16.5. The van der Waals surface area contributed by atoms with Gasteiger partial charge in [0.15, 0.2) is 23.0 Å². The second-order valence-corrected chi connectivity index (χ2v) is 8.11. The first-order valence-corrected chi connectivity index (χ1v) is 12.3. The van der Waals surface area contributed by atoms with E-state index in [0.717, 1.165) is 0 Å². The predicted octanol–water partition coefficient (Wildman–Crippen LogP) is 4.66. The Bertz CT molecular complexity index is 1020. The first kappa shape index (κ1) is 30.4. The van der Waals surface area contributed by atoms with Gasteiger partial charge in [-0.25, -0.2) is 9.59 Å². The fourth-order valence-corrected chi connectivity index (χ4v) is 4.09. The van der Waals surface area contributed by atoms with Crippen molar-refractivity contribution in [3.05, 3.63) is 34.4 Å². The van der Waals surface area contributed by atoms with E-state index in [0.29, 0.717) is 58.5 Å². The Morgan fingerprint density at radius 1 is 0.553 bits per heavy atom. The van der Waals surface area contributed by atoms with Gasteiger partial charge in [0.25, 0.3) is 0 Å². The van der Waals surface area contributed by atoms with Gasteiger partial charge in [-0.15, -0.1) is 0 Å². The number of hydrogen-bond acceptors (Lipinski definition) is 10. The third-order valence-electron chi connectivity index (χ3n) is 5.81. The van der Waals surface area contributed by atoms with E-state index >= 15 is 0 Å². The maximum Gasteiger partial charge on any atom is 0.338 e. The number of esters is 2. The molecule has 0 bridgehead atoms. The van der Waals surface area contributed by atoms with Crippen molar-refractivity contribution in [1.82, 2.24) is 0 Å². The summed E-state index contributed by atoms with van der Waals surface area (Å²) in [5.41, 5.74) is 1.58.